The number of hydrogen-bond donors (Lipinski definition) is 0. The Bertz CT molecular complexity index is 1170. The first-order valence-corrected chi connectivity index (χ1v) is 14.2. The number of amides is 1. The summed E-state index contributed by atoms with van der Waals surface area (Å²) in [6.45, 7) is 11.3. The first-order chi connectivity index (χ1) is 18.1. The Labute approximate surface area is 227 Å². The van der Waals surface area contributed by atoms with Crippen LogP contribution >= 0.6 is 0 Å². The number of rotatable bonds is 9. The van der Waals surface area contributed by atoms with E-state index in [1.165, 1.54) is 0 Å². The standard InChI is InChI=1S/C31H41BN2O4/c1-6-7-15-27-33-31(18-11-12-19-31)28(35)34(27)21-24-16-17-25(32-37-29(2,3)30(4,5)38-32)26(20-24)36-22-23-13-9-8-10-14-23/h8-10,13-14,16-17,20H,6-7,11-12,15,18-19,21-22H2,1-5H3. The molecular weight excluding hydrogens is 475 g/mol. The second kappa shape index (κ2) is 10.5. The van der Waals surface area contributed by atoms with E-state index in [2.05, 4.69) is 52.8 Å². The van der Waals surface area contributed by atoms with Crippen LogP contribution < -0.4 is 10.2 Å². The molecule has 7 heteroatoms. The summed E-state index contributed by atoms with van der Waals surface area (Å²) in [5, 5.41) is 0. The number of carbonyl (C=O) groups excluding carboxylic acids is 1. The highest BCUT2D eigenvalue weighted by Gasteiger charge is 2.53. The molecule has 1 spiro atoms. The van der Waals surface area contributed by atoms with Crippen molar-refractivity contribution in [2.45, 2.75) is 109 Å². The van der Waals surface area contributed by atoms with Crippen LogP contribution in [0.15, 0.2) is 53.5 Å². The van der Waals surface area contributed by atoms with E-state index in [0.717, 1.165) is 73.1 Å². The zero-order valence-corrected chi connectivity index (χ0v) is 23.6. The quantitative estimate of drug-likeness (QED) is 0.395. The largest absolute Gasteiger partial charge is 0.498 e. The van der Waals surface area contributed by atoms with E-state index < -0.39 is 23.9 Å². The molecule has 1 amide bonds. The van der Waals surface area contributed by atoms with Gasteiger partial charge in [-0.2, -0.15) is 0 Å². The van der Waals surface area contributed by atoms with Crippen molar-refractivity contribution >= 4 is 24.3 Å². The van der Waals surface area contributed by atoms with Crippen LogP contribution in [0.4, 0.5) is 0 Å². The second-order valence-corrected chi connectivity index (χ2v) is 12.0. The van der Waals surface area contributed by atoms with Crippen LogP contribution in [-0.2, 0) is 27.3 Å². The van der Waals surface area contributed by atoms with Crippen molar-refractivity contribution in [3.05, 3.63) is 59.7 Å². The van der Waals surface area contributed by atoms with Crippen molar-refractivity contribution in [3.63, 3.8) is 0 Å². The fourth-order valence-electron chi connectivity index (χ4n) is 5.58. The molecule has 6 nitrogen and oxygen atoms in total. The lowest BCUT2D eigenvalue weighted by Gasteiger charge is -2.32. The maximum Gasteiger partial charge on any atom is 0.498 e. The predicted molar refractivity (Wildman–Crippen MR) is 152 cm³/mol. The lowest BCUT2D eigenvalue weighted by molar-refractivity contribution is -0.131. The van der Waals surface area contributed by atoms with Gasteiger partial charge in [0.2, 0.25) is 0 Å². The van der Waals surface area contributed by atoms with Crippen LogP contribution in [0.5, 0.6) is 5.75 Å². The molecule has 0 bridgehead atoms. The smallest absolute Gasteiger partial charge is 0.489 e. The average Bonchev–Trinajstić information content (AvgIpc) is 3.53. The molecule has 2 aromatic carbocycles. The Kier molecular flexibility index (Phi) is 7.45. The van der Waals surface area contributed by atoms with Crippen LogP contribution in [0.2, 0.25) is 0 Å². The summed E-state index contributed by atoms with van der Waals surface area (Å²) < 4.78 is 19.1. The SMILES string of the molecule is CCCCC1=NC2(CCCC2)C(=O)N1Cc1ccc(B2OC(C)(C)C(C)(C)O2)c(OCc2ccccc2)c1. The first kappa shape index (κ1) is 27.0. The Morgan fingerprint density at radius 2 is 1.66 bits per heavy atom. The van der Waals surface area contributed by atoms with E-state index >= 15 is 0 Å². The first-order valence-electron chi connectivity index (χ1n) is 14.2. The molecule has 0 unspecified atom stereocenters. The van der Waals surface area contributed by atoms with Gasteiger partial charge in [0.15, 0.2) is 0 Å². The monoisotopic (exact) mass is 516 g/mol. The number of unbranched alkanes of at least 4 members (excludes halogenated alkanes) is 1. The molecule has 5 rings (SSSR count). The number of benzene rings is 2. The van der Waals surface area contributed by atoms with E-state index in [-0.39, 0.29) is 5.91 Å². The molecule has 1 saturated heterocycles. The highest BCUT2D eigenvalue weighted by molar-refractivity contribution is 6.63. The average molecular weight is 516 g/mol. The van der Waals surface area contributed by atoms with Gasteiger partial charge in [-0.3, -0.25) is 14.7 Å². The summed E-state index contributed by atoms with van der Waals surface area (Å²) in [6, 6.07) is 16.3. The van der Waals surface area contributed by atoms with Gasteiger partial charge >= 0.3 is 7.12 Å². The highest BCUT2D eigenvalue weighted by Crippen LogP contribution is 2.40. The van der Waals surface area contributed by atoms with Crippen LogP contribution in [0.25, 0.3) is 0 Å². The molecule has 2 fully saturated rings. The number of aliphatic imine (C=N–C) groups is 1. The third-order valence-electron chi connectivity index (χ3n) is 8.65. The molecule has 0 N–H and O–H groups in total. The van der Waals surface area contributed by atoms with Crippen molar-refractivity contribution in [2.75, 3.05) is 0 Å². The van der Waals surface area contributed by atoms with Crippen LogP contribution in [-0.4, -0.2) is 40.5 Å². The predicted octanol–water partition coefficient (Wildman–Crippen LogP) is 5.81. The molecule has 1 saturated carbocycles. The Balaban J connectivity index is 1.43. The van der Waals surface area contributed by atoms with Gasteiger partial charge in [-0.05, 0) is 64.2 Å². The van der Waals surface area contributed by atoms with E-state index in [1.54, 1.807) is 0 Å². The zero-order valence-electron chi connectivity index (χ0n) is 23.6. The van der Waals surface area contributed by atoms with Gasteiger partial charge in [-0.1, -0.05) is 68.7 Å². The van der Waals surface area contributed by atoms with Crippen molar-refractivity contribution in [3.8, 4) is 5.75 Å². The van der Waals surface area contributed by atoms with Crippen molar-refractivity contribution in [1.82, 2.24) is 4.90 Å². The van der Waals surface area contributed by atoms with Gasteiger partial charge in [-0.15, -0.1) is 0 Å². The molecule has 0 atom stereocenters. The van der Waals surface area contributed by atoms with E-state index in [0.29, 0.717) is 13.2 Å². The maximum absolute atomic E-state index is 13.7. The Morgan fingerprint density at radius 3 is 2.32 bits per heavy atom. The van der Waals surface area contributed by atoms with Gasteiger partial charge in [0.1, 0.15) is 23.7 Å². The number of nitrogens with zero attached hydrogens (tertiary/aromatic N) is 2. The summed E-state index contributed by atoms with van der Waals surface area (Å²) in [5.74, 6) is 1.84. The third kappa shape index (κ3) is 5.15. The zero-order chi connectivity index (χ0) is 27.0. The fourth-order valence-corrected chi connectivity index (χ4v) is 5.58. The maximum atomic E-state index is 13.7. The molecule has 3 aliphatic rings. The minimum Gasteiger partial charge on any atom is -0.489 e. The summed E-state index contributed by atoms with van der Waals surface area (Å²) in [6.07, 6.45) is 6.83. The minimum absolute atomic E-state index is 0.169. The Morgan fingerprint density at radius 1 is 0.974 bits per heavy atom. The lowest BCUT2D eigenvalue weighted by atomic mass is 9.78. The van der Waals surface area contributed by atoms with Crippen molar-refractivity contribution in [2.24, 2.45) is 4.99 Å². The normalized spacial score (nSPS) is 21.4. The molecule has 2 heterocycles. The topological polar surface area (TPSA) is 60.4 Å². The molecule has 2 aliphatic heterocycles. The summed E-state index contributed by atoms with van der Waals surface area (Å²) in [5.41, 5.74) is 1.54. The van der Waals surface area contributed by atoms with Crippen LogP contribution in [0.1, 0.15) is 90.7 Å². The lowest BCUT2D eigenvalue weighted by Crippen LogP contribution is -2.41. The van der Waals surface area contributed by atoms with Gasteiger partial charge in [0.05, 0.1) is 17.7 Å². The van der Waals surface area contributed by atoms with Gasteiger partial charge in [0, 0.05) is 11.9 Å². The highest BCUT2D eigenvalue weighted by atomic mass is 16.7. The molecule has 1 aliphatic carbocycles. The summed E-state index contributed by atoms with van der Waals surface area (Å²) >= 11 is 0. The van der Waals surface area contributed by atoms with Crippen molar-refractivity contribution in [1.29, 1.82) is 0 Å². The summed E-state index contributed by atoms with van der Waals surface area (Å²) in [7, 11) is -0.531. The third-order valence-corrected chi connectivity index (χ3v) is 8.65. The fraction of sp³-hybridized carbons (Fsp3) is 0.548. The van der Waals surface area contributed by atoms with Crippen molar-refractivity contribution < 1.29 is 18.8 Å². The number of carbonyl (C=O) groups is 1. The summed E-state index contributed by atoms with van der Waals surface area (Å²) in [4.78, 5) is 20.6. The number of ether oxygens (including phenoxy) is 1. The van der Waals surface area contributed by atoms with Crippen LogP contribution in [0, 0.1) is 0 Å². The Hall–Kier alpha value is -2.64. The number of amidine groups is 1. The van der Waals surface area contributed by atoms with Crippen LogP contribution in [0.3, 0.4) is 0 Å². The van der Waals surface area contributed by atoms with Gasteiger partial charge in [0.25, 0.3) is 5.91 Å². The second-order valence-electron chi connectivity index (χ2n) is 12.0. The molecule has 202 valence electrons. The molecule has 38 heavy (non-hydrogen) atoms. The molecule has 2 aromatic rings. The van der Waals surface area contributed by atoms with Gasteiger partial charge in [-0.25, -0.2) is 0 Å². The molecular formula is C31H41BN2O4. The molecule has 0 radical (unpaired) electrons. The minimum atomic E-state index is -0.531. The number of hydrogen-bond acceptors (Lipinski definition) is 5. The van der Waals surface area contributed by atoms with E-state index in [9.17, 15) is 4.79 Å². The molecule has 0 aromatic heterocycles. The van der Waals surface area contributed by atoms with E-state index in [1.807, 2.05) is 35.2 Å². The van der Waals surface area contributed by atoms with E-state index in [4.69, 9.17) is 19.0 Å². The van der Waals surface area contributed by atoms with Gasteiger partial charge < -0.3 is 14.0 Å².